The lowest BCUT2D eigenvalue weighted by molar-refractivity contribution is -0.0819. The fourth-order valence-corrected chi connectivity index (χ4v) is 1.38. The first-order valence-electron chi connectivity index (χ1n) is 4.77. The number of hydrogen-bond donors (Lipinski definition) is 1. The molecule has 0 aliphatic carbocycles. The molecule has 1 atom stereocenters. The van der Waals surface area contributed by atoms with Gasteiger partial charge in [-0.2, -0.15) is 0 Å². The summed E-state index contributed by atoms with van der Waals surface area (Å²) in [4.78, 5) is 0. The molecule has 5 nitrogen and oxygen atoms in total. The van der Waals surface area contributed by atoms with E-state index in [0.717, 1.165) is 0 Å². The number of rotatable bonds is 3. The predicted octanol–water partition coefficient (Wildman–Crippen LogP) is 0.957. The second kappa shape index (κ2) is 5.25. The zero-order valence-corrected chi connectivity index (χ0v) is 8.91. The van der Waals surface area contributed by atoms with E-state index >= 15 is 0 Å². The predicted molar refractivity (Wildman–Crippen MR) is 56.1 cm³/mol. The minimum Gasteiger partial charge on any atom is -0.376 e. The van der Waals surface area contributed by atoms with Gasteiger partial charge < -0.3 is 14.8 Å². The lowest BCUT2D eigenvalue weighted by Crippen LogP contribution is -2.34. The lowest BCUT2D eigenvalue weighted by atomic mass is 10.3. The van der Waals surface area contributed by atoms with E-state index in [1.807, 2.05) is 0 Å². The molecule has 0 radical (unpaired) electrons. The van der Waals surface area contributed by atoms with Crippen LogP contribution in [0.5, 0.6) is 0 Å². The van der Waals surface area contributed by atoms with Crippen molar-refractivity contribution in [3.63, 3.8) is 0 Å². The molecular formula is C9H12ClN3O2. The number of aromatic nitrogens is 2. The third kappa shape index (κ3) is 3.30. The molecule has 0 amide bonds. The van der Waals surface area contributed by atoms with Gasteiger partial charge in [-0.3, -0.25) is 0 Å². The Morgan fingerprint density at radius 3 is 3.00 bits per heavy atom. The maximum absolute atomic E-state index is 5.61. The van der Waals surface area contributed by atoms with Gasteiger partial charge in [0.1, 0.15) is 5.82 Å². The molecule has 0 aromatic carbocycles. The Labute approximate surface area is 92.7 Å². The van der Waals surface area contributed by atoms with Crippen LogP contribution in [0.3, 0.4) is 0 Å². The van der Waals surface area contributed by atoms with Crippen molar-refractivity contribution in [2.24, 2.45) is 0 Å². The molecule has 2 rings (SSSR count). The first-order chi connectivity index (χ1) is 7.34. The summed E-state index contributed by atoms with van der Waals surface area (Å²) in [6.45, 7) is 2.61. The molecule has 0 saturated carbocycles. The van der Waals surface area contributed by atoms with E-state index in [2.05, 4.69) is 15.5 Å². The summed E-state index contributed by atoms with van der Waals surface area (Å²) in [5, 5.41) is 11.1. The van der Waals surface area contributed by atoms with Crippen LogP contribution in [0.1, 0.15) is 0 Å². The van der Waals surface area contributed by atoms with Gasteiger partial charge in [0.2, 0.25) is 0 Å². The summed E-state index contributed by atoms with van der Waals surface area (Å²) in [5.74, 6) is 0.688. The minimum absolute atomic E-state index is 0.0798. The van der Waals surface area contributed by atoms with Gasteiger partial charge in [0.05, 0.1) is 25.9 Å². The highest BCUT2D eigenvalue weighted by Crippen LogP contribution is 2.07. The lowest BCUT2D eigenvalue weighted by Gasteiger charge is -2.23. The van der Waals surface area contributed by atoms with E-state index < -0.39 is 0 Å². The van der Waals surface area contributed by atoms with Crippen LogP contribution in [-0.4, -0.2) is 42.7 Å². The van der Waals surface area contributed by atoms with Crippen molar-refractivity contribution in [3.05, 3.63) is 17.3 Å². The summed E-state index contributed by atoms with van der Waals surface area (Å²) < 4.78 is 10.7. The third-order valence-electron chi connectivity index (χ3n) is 2.03. The van der Waals surface area contributed by atoms with Crippen LogP contribution in [0.15, 0.2) is 12.1 Å². The average Bonchev–Trinajstić information content (AvgIpc) is 2.30. The Morgan fingerprint density at radius 2 is 2.33 bits per heavy atom. The van der Waals surface area contributed by atoms with Gasteiger partial charge >= 0.3 is 0 Å². The molecule has 2 heterocycles. The number of anilines is 1. The quantitative estimate of drug-likeness (QED) is 0.837. The molecule has 1 N–H and O–H groups in total. The minimum atomic E-state index is 0.0798. The number of nitrogens with zero attached hydrogens (tertiary/aromatic N) is 2. The van der Waals surface area contributed by atoms with E-state index in [1.165, 1.54) is 0 Å². The first-order valence-corrected chi connectivity index (χ1v) is 5.15. The topological polar surface area (TPSA) is 56.3 Å². The maximum Gasteiger partial charge on any atom is 0.151 e. The number of nitrogens with one attached hydrogen (secondary N) is 1. The van der Waals surface area contributed by atoms with E-state index in [0.29, 0.717) is 37.3 Å². The Morgan fingerprint density at radius 1 is 1.40 bits per heavy atom. The summed E-state index contributed by atoms with van der Waals surface area (Å²) in [5.41, 5.74) is 0. The van der Waals surface area contributed by atoms with Crippen LogP contribution in [-0.2, 0) is 9.47 Å². The Kier molecular flexibility index (Phi) is 3.71. The van der Waals surface area contributed by atoms with Crippen molar-refractivity contribution in [1.29, 1.82) is 0 Å². The van der Waals surface area contributed by atoms with E-state index in [1.54, 1.807) is 12.1 Å². The molecule has 1 unspecified atom stereocenters. The highest BCUT2D eigenvalue weighted by molar-refractivity contribution is 6.29. The molecule has 1 saturated heterocycles. The van der Waals surface area contributed by atoms with Gasteiger partial charge in [0, 0.05) is 6.54 Å². The van der Waals surface area contributed by atoms with Crippen molar-refractivity contribution in [1.82, 2.24) is 10.2 Å². The normalized spacial score (nSPS) is 21.3. The number of ether oxygens (including phenoxy) is 2. The first kappa shape index (κ1) is 10.6. The Hall–Kier alpha value is -0.910. The summed E-state index contributed by atoms with van der Waals surface area (Å²) >= 11 is 5.61. The highest BCUT2D eigenvalue weighted by atomic mass is 35.5. The number of hydrogen-bond acceptors (Lipinski definition) is 5. The van der Waals surface area contributed by atoms with Crippen LogP contribution >= 0.6 is 11.6 Å². The molecule has 0 bridgehead atoms. The summed E-state index contributed by atoms with van der Waals surface area (Å²) in [6, 6.07) is 3.47. The van der Waals surface area contributed by atoms with Crippen molar-refractivity contribution in [2.75, 3.05) is 31.7 Å². The van der Waals surface area contributed by atoms with Crippen LogP contribution in [0, 0.1) is 0 Å². The maximum atomic E-state index is 5.61. The van der Waals surface area contributed by atoms with Crippen molar-refractivity contribution >= 4 is 17.4 Å². The van der Waals surface area contributed by atoms with Crippen molar-refractivity contribution in [3.8, 4) is 0 Å². The zero-order chi connectivity index (χ0) is 10.5. The van der Waals surface area contributed by atoms with Gasteiger partial charge in [0.15, 0.2) is 5.15 Å². The van der Waals surface area contributed by atoms with Gasteiger partial charge in [-0.1, -0.05) is 11.6 Å². The van der Waals surface area contributed by atoms with Crippen LogP contribution < -0.4 is 5.32 Å². The summed E-state index contributed by atoms with van der Waals surface area (Å²) in [7, 11) is 0. The molecule has 15 heavy (non-hydrogen) atoms. The Balaban J connectivity index is 1.79. The van der Waals surface area contributed by atoms with Gasteiger partial charge in [-0.05, 0) is 12.1 Å². The van der Waals surface area contributed by atoms with Crippen molar-refractivity contribution in [2.45, 2.75) is 6.10 Å². The zero-order valence-electron chi connectivity index (χ0n) is 8.15. The third-order valence-corrected chi connectivity index (χ3v) is 2.23. The molecule has 82 valence electrons. The fourth-order valence-electron chi connectivity index (χ4n) is 1.28. The molecule has 0 spiro atoms. The van der Waals surface area contributed by atoms with E-state index in [4.69, 9.17) is 21.1 Å². The second-order valence-electron chi connectivity index (χ2n) is 3.19. The van der Waals surface area contributed by atoms with E-state index in [9.17, 15) is 0 Å². The molecule has 1 aromatic heterocycles. The fraction of sp³-hybridized carbons (Fsp3) is 0.556. The standard InChI is InChI=1S/C9H12ClN3O2/c10-8-1-2-9(13-12-8)11-5-7-6-14-3-4-15-7/h1-2,7H,3-6H2,(H,11,13). The highest BCUT2D eigenvalue weighted by Gasteiger charge is 2.13. The second-order valence-corrected chi connectivity index (χ2v) is 3.58. The van der Waals surface area contributed by atoms with Crippen LogP contribution in [0.25, 0.3) is 0 Å². The van der Waals surface area contributed by atoms with Gasteiger partial charge in [-0.25, -0.2) is 0 Å². The smallest absolute Gasteiger partial charge is 0.151 e. The molecule has 1 fully saturated rings. The largest absolute Gasteiger partial charge is 0.376 e. The van der Waals surface area contributed by atoms with E-state index in [-0.39, 0.29) is 6.10 Å². The van der Waals surface area contributed by atoms with Crippen molar-refractivity contribution < 1.29 is 9.47 Å². The summed E-state index contributed by atoms with van der Waals surface area (Å²) in [6.07, 6.45) is 0.0798. The molecule has 1 aromatic rings. The average molecular weight is 230 g/mol. The molecular weight excluding hydrogens is 218 g/mol. The molecule has 1 aliphatic rings. The van der Waals surface area contributed by atoms with Gasteiger partial charge in [0.25, 0.3) is 0 Å². The monoisotopic (exact) mass is 229 g/mol. The van der Waals surface area contributed by atoms with Crippen LogP contribution in [0.2, 0.25) is 5.15 Å². The van der Waals surface area contributed by atoms with Gasteiger partial charge in [-0.15, -0.1) is 10.2 Å². The molecule has 6 heteroatoms. The SMILES string of the molecule is Clc1ccc(NCC2COCCO2)nn1. The number of halogens is 1. The van der Waals surface area contributed by atoms with Crippen LogP contribution in [0.4, 0.5) is 5.82 Å². The molecule has 1 aliphatic heterocycles. The Bertz CT molecular complexity index is 301.